The van der Waals surface area contributed by atoms with Gasteiger partial charge >= 0.3 is 0 Å². The second-order valence-electron chi connectivity index (χ2n) is 4.96. The van der Waals surface area contributed by atoms with Crippen molar-refractivity contribution in [3.05, 3.63) is 40.9 Å². The van der Waals surface area contributed by atoms with E-state index in [0.29, 0.717) is 12.0 Å². The predicted molar refractivity (Wildman–Crippen MR) is 84.2 cm³/mol. The Balaban J connectivity index is 2.37. The van der Waals surface area contributed by atoms with Crippen molar-refractivity contribution in [1.82, 2.24) is 0 Å². The van der Waals surface area contributed by atoms with Crippen molar-refractivity contribution >= 4 is 32.4 Å². The Hall–Kier alpha value is -1.02. The largest absolute Gasteiger partial charge is 0.382 e. The maximum Gasteiger partial charge on any atom is 0.0422 e. The quantitative estimate of drug-likeness (QED) is 0.792. The van der Waals surface area contributed by atoms with Crippen LogP contribution in [0.5, 0.6) is 0 Å². The first-order valence-electron chi connectivity index (χ1n) is 6.57. The molecule has 2 heteroatoms. The molecule has 2 atom stereocenters. The molecule has 0 radical (unpaired) electrons. The Bertz CT molecular complexity index is 536. The minimum absolute atomic E-state index is 0.486. The van der Waals surface area contributed by atoms with Gasteiger partial charge in [0.2, 0.25) is 0 Å². The van der Waals surface area contributed by atoms with Crippen molar-refractivity contribution < 1.29 is 0 Å². The van der Waals surface area contributed by atoms with Crippen molar-refractivity contribution in [1.29, 1.82) is 0 Å². The van der Waals surface area contributed by atoms with Gasteiger partial charge in [-0.2, -0.15) is 0 Å². The zero-order valence-electron chi connectivity index (χ0n) is 11.2. The highest BCUT2D eigenvalue weighted by Gasteiger charge is 2.11. The topological polar surface area (TPSA) is 12.0 Å². The van der Waals surface area contributed by atoms with Crippen molar-refractivity contribution in [3.63, 3.8) is 0 Å². The van der Waals surface area contributed by atoms with E-state index in [1.807, 2.05) is 0 Å². The molecular formula is C16H20BrN. The molecule has 2 aromatic rings. The Labute approximate surface area is 118 Å². The summed E-state index contributed by atoms with van der Waals surface area (Å²) in [6.45, 7) is 6.78. The Morgan fingerprint density at radius 2 is 1.72 bits per heavy atom. The number of hydrogen-bond acceptors (Lipinski definition) is 1. The van der Waals surface area contributed by atoms with Gasteiger partial charge in [-0.15, -0.1) is 0 Å². The van der Waals surface area contributed by atoms with Crippen molar-refractivity contribution in [3.8, 4) is 0 Å². The van der Waals surface area contributed by atoms with Gasteiger partial charge < -0.3 is 5.32 Å². The van der Waals surface area contributed by atoms with Crippen LogP contribution < -0.4 is 5.32 Å². The summed E-state index contributed by atoms with van der Waals surface area (Å²) in [4.78, 5) is 0. The van der Waals surface area contributed by atoms with Gasteiger partial charge in [0.15, 0.2) is 0 Å². The van der Waals surface area contributed by atoms with Gasteiger partial charge in [0, 0.05) is 21.6 Å². The van der Waals surface area contributed by atoms with Crippen LogP contribution >= 0.6 is 15.9 Å². The molecule has 0 aromatic heterocycles. The van der Waals surface area contributed by atoms with Crippen LogP contribution in [0.4, 0.5) is 5.69 Å². The van der Waals surface area contributed by atoms with Crippen molar-refractivity contribution in [2.45, 2.75) is 33.2 Å². The summed E-state index contributed by atoms with van der Waals surface area (Å²) in [6, 6.07) is 13.3. The van der Waals surface area contributed by atoms with E-state index in [-0.39, 0.29) is 0 Å². The molecule has 0 aliphatic heterocycles. The fourth-order valence-corrected chi connectivity index (χ4v) is 2.61. The average molecular weight is 306 g/mol. The molecule has 2 aromatic carbocycles. The molecule has 96 valence electrons. The number of rotatable bonds is 4. The molecule has 0 fully saturated rings. The summed E-state index contributed by atoms with van der Waals surface area (Å²) < 4.78 is 1.15. The van der Waals surface area contributed by atoms with Crippen molar-refractivity contribution in [2.24, 2.45) is 5.92 Å². The van der Waals surface area contributed by atoms with E-state index in [1.165, 1.54) is 22.9 Å². The van der Waals surface area contributed by atoms with Gasteiger partial charge in [0.05, 0.1) is 0 Å². The number of fused-ring (bicyclic) bond motifs is 1. The molecule has 0 amide bonds. The highest BCUT2D eigenvalue weighted by molar-refractivity contribution is 9.10. The Morgan fingerprint density at radius 1 is 1.06 bits per heavy atom. The molecule has 0 heterocycles. The van der Waals surface area contributed by atoms with Gasteiger partial charge in [-0.05, 0) is 30.4 Å². The SMILES string of the molecule is CCC(C)C(C)Nc1ccc(Br)c2ccccc12. The third kappa shape index (κ3) is 2.69. The summed E-state index contributed by atoms with van der Waals surface area (Å²) in [7, 11) is 0. The normalized spacial score (nSPS) is 14.4. The predicted octanol–water partition coefficient (Wildman–Crippen LogP) is 5.45. The molecule has 0 saturated carbocycles. The van der Waals surface area contributed by atoms with Crippen LogP contribution in [0.1, 0.15) is 27.2 Å². The van der Waals surface area contributed by atoms with Gasteiger partial charge in [-0.25, -0.2) is 0 Å². The summed E-state index contributed by atoms with van der Waals surface area (Å²) in [5.74, 6) is 0.674. The van der Waals surface area contributed by atoms with E-state index < -0.39 is 0 Å². The first-order chi connectivity index (χ1) is 8.63. The van der Waals surface area contributed by atoms with Crippen LogP contribution in [0.15, 0.2) is 40.9 Å². The highest BCUT2D eigenvalue weighted by Crippen LogP contribution is 2.30. The average Bonchev–Trinajstić information content (AvgIpc) is 2.41. The fraction of sp³-hybridized carbons (Fsp3) is 0.375. The Kier molecular flexibility index (Phi) is 4.28. The van der Waals surface area contributed by atoms with E-state index in [0.717, 1.165) is 4.47 Å². The lowest BCUT2D eigenvalue weighted by Gasteiger charge is -2.22. The second kappa shape index (κ2) is 5.75. The number of hydrogen-bond donors (Lipinski definition) is 1. The lowest BCUT2D eigenvalue weighted by atomic mass is 10.00. The highest BCUT2D eigenvalue weighted by atomic mass is 79.9. The van der Waals surface area contributed by atoms with E-state index in [9.17, 15) is 0 Å². The minimum atomic E-state index is 0.486. The van der Waals surface area contributed by atoms with Gasteiger partial charge in [-0.1, -0.05) is 60.5 Å². The first-order valence-corrected chi connectivity index (χ1v) is 7.36. The van der Waals surface area contributed by atoms with E-state index in [2.05, 4.69) is 78.4 Å². The zero-order valence-corrected chi connectivity index (χ0v) is 12.8. The number of nitrogens with one attached hydrogen (secondary N) is 1. The fourth-order valence-electron chi connectivity index (χ4n) is 2.13. The van der Waals surface area contributed by atoms with E-state index in [4.69, 9.17) is 0 Å². The minimum Gasteiger partial charge on any atom is -0.382 e. The van der Waals surface area contributed by atoms with Crippen LogP contribution in [0.3, 0.4) is 0 Å². The molecule has 0 aliphatic carbocycles. The standard InChI is InChI=1S/C16H20BrN/c1-4-11(2)12(3)18-16-10-9-15(17)13-7-5-6-8-14(13)16/h5-12,18H,4H2,1-3H3. The lowest BCUT2D eigenvalue weighted by Crippen LogP contribution is -2.23. The zero-order chi connectivity index (χ0) is 13.1. The van der Waals surface area contributed by atoms with Crippen LogP contribution in [0.25, 0.3) is 10.8 Å². The molecule has 0 aliphatic rings. The van der Waals surface area contributed by atoms with Crippen LogP contribution in [0, 0.1) is 5.92 Å². The summed E-state index contributed by atoms with van der Waals surface area (Å²) in [6.07, 6.45) is 1.20. The first kappa shape index (κ1) is 13.4. The van der Waals surface area contributed by atoms with Gasteiger partial charge in [0.1, 0.15) is 0 Å². The maximum atomic E-state index is 3.64. The number of anilines is 1. The second-order valence-corrected chi connectivity index (χ2v) is 5.81. The van der Waals surface area contributed by atoms with Crippen molar-refractivity contribution in [2.75, 3.05) is 5.32 Å². The monoisotopic (exact) mass is 305 g/mol. The smallest absolute Gasteiger partial charge is 0.0422 e. The summed E-state index contributed by atoms with van der Waals surface area (Å²) in [5.41, 5.74) is 1.22. The molecular weight excluding hydrogens is 286 g/mol. The van der Waals surface area contributed by atoms with Crippen LogP contribution in [0.2, 0.25) is 0 Å². The molecule has 2 unspecified atom stereocenters. The molecule has 18 heavy (non-hydrogen) atoms. The maximum absolute atomic E-state index is 3.64. The number of benzene rings is 2. The van der Waals surface area contributed by atoms with E-state index in [1.54, 1.807) is 0 Å². The molecule has 0 saturated heterocycles. The van der Waals surface area contributed by atoms with E-state index >= 15 is 0 Å². The van der Waals surface area contributed by atoms with Crippen LogP contribution in [-0.2, 0) is 0 Å². The third-order valence-electron chi connectivity index (χ3n) is 3.75. The summed E-state index contributed by atoms with van der Waals surface area (Å²) in [5, 5.41) is 6.18. The molecule has 0 spiro atoms. The molecule has 1 N–H and O–H groups in total. The van der Waals surface area contributed by atoms with Gasteiger partial charge in [0.25, 0.3) is 0 Å². The Morgan fingerprint density at radius 3 is 2.39 bits per heavy atom. The molecule has 0 bridgehead atoms. The van der Waals surface area contributed by atoms with Gasteiger partial charge in [-0.3, -0.25) is 0 Å². The van der Waals surface area contributed by atoms with Crippen LogP contribution in [-0.4, -0.2) is 6.04 Å². The lowest BCUT2D eigenvalue weighted by molar-refractivity contribution is 0.495. The number of halogens is 1. The molecule has 2 rings (SSSR count). The third-order valence-corrected chi connectivity index (χ3v) is 4.44. The summed E-state index contributed by atoms with van der Waals surface area (Å²) >= 11 is 3.61. The molecule has 1 nitrogen and oxygen atoms in total.